The second-order valence-corrected chi connectivity index (χ2v) is 3.77. The van der Waals surface area contributed by atoms with Gasteiger partial charge in [0, 0.05) is 12.4 Å². The van der Waals surface area contributed by atoms with Crippen LogP contribution in [0.1, 0.15) is 0 Å². The molecule has 0 saturated carbocycles. The lowest BCUT2D eigenvalue weighted by molar-refractivity contribution is 0.922. The standard InChI is InChI=1S/C8H6BrClN2/c1-12-6(9)4-5-2-3-7(10)11-8(5)12/h2-4H,1H3. The number of hydrogen-bond acceptors (Lipinski definition) is 1. The summed E-state index contributed by atoms with van der Waals surface area (Å²) >= 11 is 9.17. The van der Waals surface area contributed by atoms with Gasteiger partial charge in [-0.05, 0) is 34.1 Å². The topological polar surface area (TPSA) is 17.8 Å². The summed E-state index contributed by atoms with van der Waals surface area (Å²) in [7, 11) is 1.94. The highest BCUT2D eigenvalue weighted by Gasteiger charge is 2.03. The highest BCUT2D eigenvalue weighted by atomic mass is 79.9. The third kappa shape index (κ3) is 1.13. The maximum absolute atomic E-state index is 5.76. The molecule has 2 nitrogen and oxygen atoms in total. The van der Waals surface area contributed by atoms with Gasteiger partial charge in [0.1, 0.15) is 10.8 Å². The molecule has 0 fully saturated rings. The summed E-state index contributed by atoms with van der Waals surface area (Å²) in [6.07, 6.45) is 0. The minimum absolute atomic E-state index is 0.524. The van der Waals surface area contributed by atoms with Gasteiger partial charge in [-0.1, -0.05) is 11.6 Å². The van der Waals surface area contributed by atoms with E-state index < -0.39 is 0 Å². The first-order valence-corrected chi connectivity index (χ1v) is 4.63. The van der Waals surface area contributed by atoms with E-state index in [2.05, 4.69) is 20.9 Å². The average molecular weight is 246 g/mol. The molecule has 0 amide bonds. The summed E-state index contributed by atoms with van der Waals surface area (Å²) in [4.78, 5) is 4.19. The van der Waals surface area contributed by atoms with Gasteiger partial charge in [0.25, 0.3) is 0 Å². The van der Waals surface area contributed by atoms with E-state index in [-0.39, 0.29) is 0 Å². The number of halogens is 2. The molecule has 12 heavy (non-hydrogen) atoms. The Balaban J connectivity index is 2.88. The largest absolute Gasteiger partial charge is 0.323 e. The van der Waals surface area contributed by atoms with Gasteiger partial charge in [0.15, 0.2) is 0 Å². The number of fused-ring (bicyclic) bond motifs is 1. The molecule has 4 heteroatoms. The summed E-state index contributed by atoms with van der Waals surface area (Å²) in [5.41, 5.74) is 0.898. The molecule has 0 aliphatic rings. The summed E-state index contributed by atoms with van der Waals surface area (Å²) in [5.74, 6) is 0. The maximum Gasteiger partial charge on any atom is 0.142 e. The number of rotatable bonds is 0. The van der Waals surface area contributed by atoms with Crippen LogP contribution in [0, 0.1) is 0 Å². The number of aryl methyl sites for hydroxylation is 1. The molecule has 0 spiro atoms. The van der Waals surface area contributed by atoms with Crippen molar-refractivity contribution in [2.75, 3.05) is 0 Å². The van der Waals surface area contributed by atoms with Gasteiger partial charge < -0.3 is 4.57 Å². The Hall–Kier alpha value is -0.540. The van der Waals surface area contributed by atoms with Crippen LogP contribution in [0.15, 0.2) is 22.8 Å². The van der Waals surface area contributed by atoms with Crippen molar-refractivity contribution in [3.8, 4) is 0 Å². The molecule has 2 rings (SSSR count). The first kappa shape index (κ1) is 8.08. The van der Waals surface area contributed by atoms with E-state index in [0.29, 0.717) is 5.15 Å². The van der Waals surface area contributed by atoms with E-state index in [1.807, 2.05) is 23.7 Å². The van der Waals surface area contributed by atoms with Crippen LogP contribution >= 0.6 is 27.5 Å². The number of hydrogen-bond donors (Lipinski definition) is 0. The summed E-state index contributed by atoms with van der Waals surface area (Å²) in [6, 6.07) is 5.75. The Morgan fingerprint density at radius 3 is 3.00 bits per heavy atom. The predicted molar refractivity (Wildman–Crippen MR) is 53.4 cm³/mol. The van der Waals surface area contributed by atoms with Crippen LogP contribution in [0.3, 0.4) is 0 Å². The van der Waals surface area contributed by atoms with Crippen LogP contribution in [0.5, 0.6) is 0 Å². The molecule has 0 aliphatic carbocycles. The van der Waals surface area contributed by atoms with Crippen LogP contribution in [-0.2, 0) is 7.05 Å². The lowest BCUT2D eigenvalue weighted by Crippen LogP contribution is -1.89. The van der Waals surface area contributed by atoms with Crippen molar-refractivity contribution in [1.29, 1.82) is 0 Å². The minimum Gasteiger partial charge on any atom is -0.323 e. The maximum atomic E-state index is 5.76. The van der Waals surface area contributed by atoms with Crippen LogP contribution < -0.4 is 0 Å². The summed E-state index contributed by atoms with van der Waals surface area (Å²) in [6.45, 7) is 0. The average Bonchev–Trinajstić information content (AvgIpc) is 2.31. The van der Waals surface area contributed by atoms with Crippen LogP contribution in [-0.4, -0.2) is 9.55 Å². The third-order valence-electron chi connectivity index (χ3n) is 1.78. The number of aromatic nitrogens is 2. The molecule has 0 atom stereocenters. The smallest absolute Gasteiger partial charge is 0.142 e. The highest BCUT2D eigenvalue weighted by molar-refractivity contribution is 9.10. The van der Waals surface area contributed by atoms with Gasteiger partial charge >= 0.3 is 0 Å². The van der Waals surface area contributed by atoms with Crippen LogP contribution in [0.4, 0.5) is 0 Å². The first-order valence-electron chi connectivity index (χ1n) is 3.46. The Kier molecular flexibility index (Phi) is 1.85. The van der Waals surface area contributed by atoms with E-state index in [4.69, 9.17) is 11.6 Å². The number of nitrogens with zero attached hydrogens (tertiary/aromatic N) is 2. The van der Waals surface area contributed by atoms with Gasteiger partial charge in [0.05, 0.1) is 4.60 Å². The molecule has 2 aromatic heterocycles. The predicted octanol–water partition coefficient (Wildman–Crippen LogP) is 2.99. The lowest BCUT2D eigenvalue weighted by atomic mass is 10.3. The van der Waals surface area contributed by atoms with Crippen molar-refractivity contribution >= 4 is 38.6 Å². The third-order valence-corrected chi connectivity index (χ3v) is 2.76. The zero-order valence-corrected chi connectivity index (χ0v) is 8.72. The van der Waals surface area contributed by atoms with Crippen molar-refractivity contribution in [1.82, 2.24) is 9.55 Å². The lowest BCUT2D eigenvalue weighted by Gasteiger charge is -1.95. The van der Waals surface area contributed by atoms with Crippen molar-refractivity contribution in [3.05, 3.63) is 28.0 Å². The molecule has 0 aromatic carbocycles. The number of pyridine rings is 1. The zero-order chi connectivity index (χ0) is 8.72. The molecule has 2 aromatic rings. The molecule has 2 heterocycles. The SMILES string of the molecule is Cn1c(Br)cc2ccc(Cl)nc21. The molecule has 0 bridgehead atoms. The van der Waals surface area contributed by atoms with Crippen molar-refractivity contribution in [2.24, 2.45) is 7.05 Å². The molecule has 62 valence electrons. The molecular weight excluding hydrogens is 239 g/mol. The molecule has 0 saturated heterocycles. The first-order chi connectivity index (χ1) is 5.68. The van der Waals surface area contributed by atoms with Gasteiger partial charge in [-0.15, -0.1) is 0 Å². The van der Waals surface area contributed by atoms with E-state index in [9.17, 15) is 0 Å². The molecule has 0 unspecified atom stereocenters. The fraction of sp³-hybridized carbons (Fsp3) is 0.125. The van der Waals surface area contributed by atoms with Gasteiger partial charge in [-0.25, -0.2) is 4.98 Å². The minimum atomic E-state index is 0.524. The van der Waals surface area contributed by atoms with Crippen molar-refractivity contribution in [2.45, 2.75) is 0 Å². The van der Waals surface area contributed by atoms with E-state index >= 15 is 0 Å². The normalized spacial score (nSPS) is 10.9. The Bertz CT molecular complexity index is 436. The molecular formula is C8H6BrClN2. The van der Waals surface area contributed by atoms with Gasteiger partial charge in [-0.2, -0.15) is 0 Å². The Labute approximate surface area is 83.3 Å². The Morgan fingerprint density at radius 1 is 1.50 bits per heavy atom. The van der Waals surface area contributed by atoms with Crippen LogP contribution in [0.2, 0.25) is 5.15 Å². The second kappa shape index (κ2) is 2.75. The quantitative estimate of drug-likeness (QED) is 0.653. The van der Waals surface area contributed by atoms with E-state index in [1.54, 1.807) is 6.07 Å². The fourth-order valence-corrected chi connectivity index (χ4v) is 1.70. The zero-order valence-electron chi connectivity index (χ0n) is 6.38. The molecule has 0 N–H and O–H groups in total. The molecule has 0 aliphatic heterocycles. The molecule has 0 radical (unpaired) electrons. The highest BCUT2D eigenvalue weighted by Crippen LogP contribution is 2.22. The van der Waals surface area contributed by atoms with Gasteiger partial charge in [-0.3, -0.25) is 0 Å². The summed E-state index contributed by atoms with van der Waals surface area (Å²) in [5, 5.41) is 1.62. The van der Waals surface area contributed by atoms with Gasteiger partial charge in [0.2, 0.25) is 0 Å². The van der Waals surface area contributed by atoms with Crippen molar-refractivity contribution < 1.29 is 0 Å². The second-order valence-electron chi connectivity index (χ2n) is 2.57. The van der Waals surface area contributed by atoms with Crippen molar-refractivity contribution in [3.63, 3.8) is 0 Å². The monoisotopic (exact) mass is 244 g/mol. The summed E-state index contributed by atoms with van der Waals surface area (Å²) < 4.78 is 2.95. The Morgan fingerprint density at radius 2 is 2.25 bits per heavy atom. The fourth-order valence-electron chi connectivity index (χ4n) is 1.14. The van der Waals surface area contributed by atoms with E-state index in [0.717, 1.165) is 15.6 Å². The van der Waals surface area contributed by atoms with E-state index in [1.165, 1.54) is 0 Å². The van der Waals surface area contributed by atoms with Crippen LogP contribution in [0.25, 0.3) is 11.0 Å².